The second-order valence-corrected chi connectivity index (χ2v) is 5.82. The van der Waals surface area contributed by atoms with E-state index in [0.717, 1.165) is 0 Å². The number of amides is 1. The number of hydrogen-bond acceptors (Lipinski definition) is 5. The van der Waals surface area contributed by atoms with E-state index in [-0.39, 0.29) is 28.3 Å². The van der Waals surface area contributed by atoms with Crippen LogP contribution in [0.2, 0.25) is 0 Å². The van der Waals surface area contributed by atoms with E-state index < -0.39 is 11.9 Å². The first-order chi connectivity index (χ1) is 13.5. The molecule has 0 aromatic heterocycles. The van der Waals surface area contributed by atoms with Gasteiger partial charge >= 0.3 is 5.97 Å². The van der Waals surface area contributed by atoms with Crippen LogP contribution in [0, 0.1) is 0 Å². The summed E-state index contributed by atoms with van der Waals surface area (Å²) in [5.74, 6) is -1.79. The number of nitrogens with zero attached hydrogens (tertiary/aromatic N) is 1. The van der Waals surface area contributed by atoms with Crippen LogP contribution < -0.4 is 5.43 Å². The summed E-state index contributed by atoms with van der Waals surface area (Å²) in [6, 6.07) is 18.2. The van der Waals surface area contributed by atoms with Crippen molar-refractivity contribution in [3.8, 4) is 11.5 Å². The highest BCUT2D eigenvalue weighted by Crippen LogP contribution is 2.25. The van der Waals surface area contributed by atoms with Crippen LogP contribution in [-0.2, 0) is 0 Å². The molecule has 28 heavy (non-hydrogen) atoms. The molecule has 0 bridgehead atoms. The van der Waals surface area contributed by atoms with Crippen molar-refractivity contribution in [2.45, 2.75) is 0 Å². The third kappa shape index (κ3) is 3.99. The summed E-state index contributed by atoms with van der Waals surface area (Å²) in [4.78, 5) is 23.3. The molecular weight excluding hydrogens is 360 g/mol. The van der Waals surface area contributed by atoms with Gasteiger partial charge in [-0.3, -0.25) is 4.79 Å². The number of aromatic carboxylic acids is 1. The molecule has 4 N–H and O–H groups in total. The van der Waals surface area contributed by atoms with E-state index in [2.05, 4.69) is 10.5 Å². The van der Waals surface area contributed by atoms with Gasteiger partial charge in [0.1, 0.15) is 17.2 Å². The number of aromatic hydroxyl groups is 2. The minimum absolute atomic E-state index is 0.0594. The summed E-state index contributed by atoms with van der Waals surface area (Å²) in [6.07, 6.45) is 0. The van der Waals surface area contributed by atoms with Gasteiger partial charge in [-0.2, -0.15) is 5.10 Å². The third-order valence-electron chi connectivity index (χ3n) is 3.98. The number of carboxylic acid groups (broad SMARTS) is 1. The Morgan fingerprint density at radius 3 is 1.64 bits per heavy atom. The van der Waals surface area contributed by atoms with Crippen molar-refractivity contribution >= 4 is 17.6 Å². The topological polar surface area (TPSA) is 119 Å². The zero-order valence-corrected chi connectivity index (χ0v) is 14.5. The van der Waals surface area contributed by atoms with Crippen molar-refractivity contribution in [1.29, 1.82) is 0 Å². The molecule has 3 aromatic rings. The molecular formula is C21H16N2O5. The van der Waals surface area contributed by atoms with E-state index in [0.29, 0.717) is 11.1 Å². The maximum absolute atomic E-state index is 12.4. The average molecular weight is 376 g/mol. The number of hydrogen-bond donors (Lipinski definition) is 4. The van der Waals surface area contributed by atoms with E-state index in [9.17, 15) is 19.8 Å². The zero-order valence-electron chi connectivity index (χ0n) is 14.5. The summed E-state index contributed by atoms with van der Waals surface area (Å²) < 4.78 is 0. The Labute approximate surface area is 160 Å². The van der Waals surface area contributed by atoms with E-state index >= 15 is 0 Å². The molecule has 0 unspecified atom stereocenters. The standard InChI is InChI=1S/C21H16N2O5/c24-17-7-3-1-5-15(17)19(16-6-2-4-8-18(16)25)22-23-20(26)13-9-11-14(12-10-13)21(27)28/h1-12,24-25H,(H,23,26)(H,27,28). The molecule has 0 atom stereocenters. The van der Waals surface area contributed by atoms with Crippen LogP contribution in [0.3, 0.4) is 0 Å². The van der Waals surface area contributed by atoms with Crippen LogP contribution in [0.15, 0.2) is 77.9 Å². The minimum Gasteiger partial charge on any atom is -0.507 e. The number of para-hydroxylation sites is 2. The Balaban J connectivity index is 1.95. The first-order valence-corrected chi connectivity index (χ1v) is 8.25. The van der Waals surface area contributed by atoms with Crippen LogP contribution in [0.25, 0.3) is 0 Å². The van der Waals surface area contributed by atoms with E-state index in [1.807, 2.05) is 0 Å². The number of carbonyl (C=O) groups is 2. The predicted octanol–water partition coefficient (Wildman–Crippen LogP) is 2.98. The Morgan fingerprint density at radius 1 is 0.714 bits per heavy atom. The van der Waals surface area contributed by atoms with Crippen LogP contribution in [0.5, 0.6) is 11.5 Å². The lowest BCUT2D eigenvalue weighted by Gasteiger charge is -2.11. The van der Waals surface area contributed by atoms with Gasteiger partial charge in [-0.25, -0.2) is 10.2 Å². The van der Waals surface area contributed by atoms with Gasteiger partial charge in [0.2, 0.25) is 0 Å². The first kappa shape index (κ1) is 18.7. The number of rotatable bonds is 5. The average Bonchev–Trinajstić information content (AvgIpc) is 2.70. The lowest BCUT2D eigenvalue weighted by Crippen LogP contribution is -2.21. The van der Waals surface area contributed by atoms with Crippen molar-refractivity contribution in [3.63, 3.8) is 0 Å². The van der Waals surface area contributed by atoms with E-state index in [1.54, 1.807) is 36.4 Å². The van der Waals surface area contributed by atoms with Crippen LogP contribution >= 0.6 is 0 Å². The van der Waals surface area contributed by atoms with Gasteiger partial charge in [0.15, 0.2) is 0 Å². The summed E-state index contributed by atoms with van der Waals surface area (Å²) >= 11 is 0. The monoisotopic (exact) mass is 376 g/mol. The largest absolute Gasteiger partial charge is 0.507 e. The molecule has 0 heterocycles. The molecule has 7 nitrogen and oxygen atoms in total. The summed E-state index contributed by atoms with van der Waals surface area (Å²) in [6.45, 7) is 0. The number of phenols is 2. The highest BCUT2D eigenvalue weighted by molar-refractivity contribution is 6.16. The quantitative estimate of drug-likeness (QED) is 0.403. The zero-order chi connectivity index (χ0) is 20.1. The minimum atomic E-state index is -1.09. The number of hydrazone groups is 1. The number of nitrogens with one attached hydrogen (secondary N) is 1. The van der Waals surface area contributed by atoms with Crippen molar-refractivity contribution in [3.05, 3.63) is 95.1 Å². The molecule has 0 aliphatic carbocycles. The number of carboxylic acids is 1. The van der Waals surface area contributed by atoms with Crippen molar-refractivity contribution < 1.29 is 24.9 Å². The van der Waals surface area contributed by atoms with Crippen LogP contribution in [0.1, 0.15) is 31.8 Å². The molecule has 0 aliphatic heterocycles. The van der Waals surface area contributed by atoms with Gasteiger partial charge in [0.05, 0.1) is 5.56 Å². The summed E-state index contributed by atoms with van der Waals surface area (Å²) in [5.41, 5.74) is 3.47. The smallest absolute Gasteiger partial charge is 0.335 e. The SMILES string of the molecule is O=C(O)c1ccc(C(=O)NN=C(c2ccccc2O)c2ccccc2O)cc1. The van der Waals surface area contributed by atoms with Crippen LogP contribution in [-0.4, -0.2) is 32.9 Å². The van der Waals surface area contributed by atoms with E-state index in [1.165, 1.54) is 36.4 Å². The van der Waals surface area contributed by atoms with Gasteiger partial charge in [-0.15, -0.1) is 0 Å². The van der Waals surface area contributed by atoms with Crippen molar-refractivity contribution in [2.24, 2.45) is 5.10 Å². The molecule has 140 valence electrons. The van der Waals surface area contributed by atoms with Crippen molar-refractivity contribution in [2.75, 3.05) is 0 Å². The molecule has 0 aliphatic rings. The number of benzene rings is 3. The normalized spacial score (nSPS) is 10.1. The summed E-state index contributed by atoms with van der Waals surface area (Å²) in [7, 11) is 0. The maximum atomic E-state index is 12.4. The summed E-state index contributed by atoms with van der Waals surface area (Å²) in [5, 5.41) is 33.4. The molecule has 0 fully saturated rings. The Morgan fingerprint density at radius 2 is 1.18 bits per heavy atom. The second kappa shape index (κ2) is 8.05. The van der Waals surface area contributed by atoms with Crippen LogP contribution in [0.4, 0.5) is 0 Å². The fourth-order valence-corrected chi connectivity index (χ4v) is 2.55. The highest BCUT2D eigenvalue weighted by atomic mass is 16.4. The number of phenolic OH excluding ortho intramolecular Hbond substituents is 2. The lowest BCUT2D eigenvalue weighted by molar-refractivity contribution is 0.0696. The van der Waals surface area contributed by atoms with Gasteiger partial charge in [0, 0.05) is 16.7 Å². The fraction of sp³-hybridized carbons (Fsp3) is 0. The molecule has 7 heteroatoms. The lowest BCUT2D eigenvalue weighted by atomic mass is 10.0. The van der Waals surface area contributed by atoms with Crippen molar-refractivity contribution in [1.82, 2.24) is 5.43 Å². The van der Waals surface area contributed by atoms with Gasteiger partial charge < -0.3 is 15.3 Å². The first-order valence-electron chi connectivity index (χ1n) is 8.25. The van der Waals surface area contributed by atoms with Gasteiger partial charge in [-0.1, -0.05) is 24.3 Å². The fourth-order valence-electron chi connectivity index (χ4n) is 2.55. The molecule has 0 saturated heterocycles. The van der Waals surface area contributed by atoms with Gasteiger partial charge in [-0.05, 0) is 48.5 Å². The third-order valence-corrected chi connectivity index (χ3v) is 3.98. The molecule has 3 aromatic carbocycles. The second-order valence-electron chi connectivity index (χ2n) is 5.82. The van der Waals surface area contributed by atoms with E-state index in [4.69, 9.17) is 5.11 Å². The Bertz CT molecular complexity index is 1010. The Hall–Kier alpha value is -4.13. The highest BCUT2D eigenvalue weighted by Gasteiger charge is 2.16. The molecule has 1 amide bonds. The van der Waals surface area contributed by atoms with Gasteiger partial charge in [0.25, 0.3) is 5.91 Å². The molecule has 0 radical (unpaired) electrons. The predicted molar refractivity (Wildman–Crippen MR) is 103 cm³/mol. The molecule has 0 spiro atoms. The molecule has 0 saturated carbocycles. The number of carbonyl (C=O) groups excluding carboxylic acids is 1. The molecule has 3 rings (SSSR count). The Kier molecular flexibility index (Phi) is 5.36. The maximum Gasteiger partial charge on any atom is 0.335 e.